The number of carbonyl (C=O) groups is 1. The fraction of sp³-hybridized carbons (Fsp3) is 0.174. The maximum Gasteiger partial charge on any atom is 0.269 e. The molecule has 2 aromatic carbocycles. The lowest BCUT2D eigenvalue weighted by molar-refractivity contribution is -0.384. The Morgan fingerprint density at radius 1 is 1.12 bits per heavy atom. The summed E-state index contributed by atoms with van der Waals surface area (Å²) in [6.45, 7) is 1.73. The van der Waals surface area contributed by atoms with Crippen molar-refractivity contribution in [1.29, 1.82) is 5.26 Å². The van der Waals surface area contributed by atoms with Crippen LogP contribution in [0.2, 0.25) is 5.02 Å². The molecule has 9 nitrogen and oxygen atoms in total. The molecule has 0 aliphatic carbocycles. The average molecular weight is 464 g/mol. The standard InChI is InChI=1S/C23H18ClN5O4/c24-19-4-2-1-3-16(19)7-10-21-26-20(15-25)23(33-21)28-13-11-27(12-14-28)22(30)17-5-8-18(9-6-17)29(31)32/h1-10H,11-14H2/b10-7+. The van der Waals surface area contributed by atoms with Crippen LogP contribution in [0.25, 0.3) is 12.2 Å². The Kier molecular flexibility index (Phi) is 6.38. The van der Waals surface area contributed by atoms with Crippen molar-refractivity contribution in [2.75, 3.05) is 31.1 Å². The van der Waals surface area contributed by atoms with E-state index in [4.69, 9.17) is 16.0 Å². The van der Waals surface area contributed by atoms with Crippen molar-refractivity contribution in [3.63, 3.8) is 0 Å². The first kappa shape index (κ1) is 22.0. The number of benzene rings is 2. The molecule has 33 heavy (non-hydrogen) atoms. The second-order valence-electron chi connectivity index (χ2n) is 7.26. The molecular weight excluding hydrogens is 446 g/mol. The smallest absolute Gasteiger partial charge is 0.269 e. The molecule has 2 heterocycles. The number of oxazole rings is 1. The SMILES string of the molecule is N#Cc1nc(/C=C/c2ccccc2Cl)oc1N1CCN(C(=O)c2ccc([N+](=O)[O-])cc2)CC1. The van der Waals surface area contributed by atoms with Gasteiger partial charge in [0, 0.05) is 55.0 Å². The summed E-state index contributed by atoms with van der Waals surface area (Å²) in [5.41, 5.74) is 1.29. The first-order chi connectivity index (χ1) is 16.0. The van der Waals surface area contributed by atoms with E-state index in [1.807, 2.05) is 23.1 Å². The van der Waals surface area contributed by atoms with Gasteiger partial charge in [0.2, 0.25) is 17.5 Å². The molecule has 0 spiro atoms. The molecule has 1 saturated heterocycles. The van der Waals surface area contributed by atoms with E-state index in [2.05, 4.69) is 11.1 Å². The van der Waals surface area contributed by atoms with E-state index in [-0.39, 0.29) is 23.2 Å². The summed E-state index contributed by atoms with van der Waals surface area (Å²) in [7, 11) is 0. The van der Waals surface area contributed by atoms with E-state index >= 15 is 0 Å². The highest BCUT2D eigenvalue weighted by atomic mass is 35.5. The molecule has 0 atom stereocenters. The lowest BCUT2D eigenvalue weighted by Gasteiger charge is -2.34. The van der Waals surface area contributed by atoms with E-state index < -0.39 is 4.92 Å². The van der Waals surface area contributed by atoms with Gasteiger partial charge in [0.1, 0.15) is 6.07 Å². The molecule has 0 saturated carbocycles. The summed E-state index contributed by atoms with van der Waals surface area (Å²) in [6, 6.07) is 14.9. The van der Waals surface area contributed by atoms with Crippen LogP contribution in [0.15, 0.2) is 52.9 Å². The fourth-order valence-corrected chi connectivity index (χ4v) is 3.68. The van der Waals surface area contributed by atoms with E-state index in [1.54, 1.807) is 23.1 Å². The Morgan fingerprint density at radius 2 is 1.82 bits per heavy atom. The minimum Gasteiger partial charge on any atom is -0.420 e. The molecule has 1 amide bonds. The van der Waals surface area contributed by atoms with Gasteiger partial charge in [-0.15, -0.1) is 0 Å². The van der Waals surface area contributed by atoms with Crippen LogP contribution >= 0.6 is 11.6 Å². The number of rotatable bonds is 5. The van der Waals surface area contributed by atoms with Crippen LogP contribution in [-0.2, 0) is 0 Å². The van der Waals surface area contributed by atoms with Crippen LogP contribution in [0.5, 0.6) is 0 Å². The number of carbonyl (C=O) groups excluding carboxylic acids is 1. The van der Waals surface area contributed by atoms with Crippen LogP contribution < -0.4 is 4.90 Å². The van der Waals surface area contributed by atoms with Gasteiger partial charge in [0.15, 0.2) is 0 Å². The minimum absolute atomic E-state index is 0.0647. The Hall–Kier alpha value is -4.16. The highest BCUT2D eigenvalue weighted by molar-refractivity contribution is 6.32. The number of non-ortho nitro benzene ring substituents is 1. The summed E-state index contributed by atoms with van der Waals surface area (Å²) in [5.74, 6) is 0.440. The molecule has 3 aromatic rings. The number of aromatic nitrogens is 1. The first-order valence-electron chi connectivity index (χ1n) is 10.1. The zero-order valence-electron chi connectivity index (χ0n) is 17.3. The average Bonchev–Trinajstić information content (AvgIpc) is 3.26. The summed E-state index contributed by atoms with van der Waals surface area (Å²) in [5, 5.41) is 20.9. The zero-order valence-corrected chi connectivity index (χ0v) is 18.1. The predicted octanol–water partition coefficient (Wildman–Crippen LogP) is 4.24. The molecule has 1 fully saturated rings. The Labute approximate surface area is 194 Å². The highest BCUT2D eigenvalue weighted by Gasteiger charge is 2.26. The largest absolute Gasteiger partial charge is 0.420 e. The first-order valence-corrected chi connectivity index (χ1v) is 10.5. The lowest BCUT2D eigenvalue weighted by Crippen LogP contribution is -2.48. The van der Waals surface area contributed by atoms with Gasteiger partial charge < -0.3 is 14.2 Å². The summed E-state index contributed by atoms with van der Waals surface area (Å²) < 4.78 is 5.82. The third kappa shape index (κ3) is 4.86. The number of amides is 1. The van der Waals surface area contributed by atoms with Gasteiger partial charge >= 0.3 is 0 Å². The second-order valence-corrected chi connectivity index (χ2v) is 7.66. The molecule has 0 radical (unpaired) electrons. The van der Waals surface area contributed by atoms with Crippen molar-refractivity contribution in [3.05, 3.63) is 86.4 Å². The molecule has 1 aromatic heterocycles. The molecule has 10 heteroatoms. The van der Waals surface area contributed by atoms with Crippen molar-refractivity contribution in [1.82, 2.24) is 9.88 Å². The maximum atomic E-state index is 12.7. The molecule has 1 aliphatic rings. The Balaban J connectivity index is 1.43. The number of piperazine rings is 1. The van der Waals surface area contributed by atoms with Gasteiger partial charge in [-0.05, 0) is 29.8 Å². The van der Waals surface area contributed by atoms with Crippen LogP contribution in [0.3, 0.4) is 0 Å². The summed E-state index contributed by atoms with van der Waals surface area (Å²) in [4.78, 5) is 30.8. The van der Waals surface area contributed by atoms with E-state index in [1.165, 1.54) is 24.3 Å². The molecule has 0 N–H and O–H groups in total. The Morgan fingerprint density at radius 3 is 2.45 bits per heavy atom. The maximum absolute atomic E-state index is 12.7. The van der Waals surface area contributed by atoms with Gasteiger partial charge in [0.25, 0.3) is 11.6 Å². The van der Waals surface area contributed by atoms with Crippen LogP contribution in [0.1, 0.15) is 27.5 Å². The zero-order chi connectivity index (χ0) is 23.4. The monoisotopic (exact) mass is 463 g/mol. The third-order valence-electron chi connectivity index (χ3n) is 5.22. The number of nitrogens with zero attached hydrogens (tertiary/aromatic N) is 5. The number of halogens is 1. The van der Waals surface area contributed by atoms with Crippen molar-refractivity contribution in [2.24, 2.45) is 0 Å². The second kappa shape index (κ2) is 9.54. The van der Waals surface area contributed by atoms with Gasteiger partial charge in [-0.1, -0.05) is 29.8 Å². The van der Waals surface area contributed by atoms with Crippen molar-refractivity contribution in [3.8, 4) is 6.07 Å². The number of nitriles is 1. The van der Waals surface area contributed by atoms with Gasteiger partial charge in [0.05, 0.1) is 4.92 Å². The lowest BCUT2D eigenvalue weighted by atomic mass is 10.1. The van der Waals surface area contributed by atoms with Crippen molar-refractivity contribution < 1.29 is 14.1 Å². The number of nitro benzene ring substituents is 1. The minimum atomic E-state index is -0.505. The van der Waals surface area contributed by atoms with Crippen LogP contribution in [0, 0.1) is 21.4 Å². The number of hydrogen-bond acceptors (Lipinski definition) is 7. The fourth-order valence-electron chi connectivity index (χ4n) is 3.48. The normalized spacial score (nSPS) is 13.8. The van der Waals surface area contributed by atoms with Gasteiger partial charge in [-0.2, -0.15) is 10.2 Å². The predicted molar refractivity (Wildman–Crippen MR) is 123 cm³/mol. The van der Waals surface area contributed by atoms with Gasteiger partial charge in [-0.3, -0.25) is 14.9 Å². The number of anilines is 1. The third-order valence-corrected chi connectivity index (χ3v) is 5.57. The molecule has 0 bridgehead atoms. The van der Waals surface area contributed by atoms with E-state index in [9.17, 15) is 20.2 Å². The van der Waals surface area contributed by atoms with Crippen LogP contribution in [-0.4, -0.2) is 46.9 Å². The Bertz CT molecular complexity index is 1250. The van der Waals surface area contributed by atoms with Crippen LogP contribution in [0.4, 0.5) is 11.6 Å². The van der Waals surface area contributed by atoms with E-state index in [0.717, 1.165) is 5.56 Å². The van der Waals surface area contributed by atoms with Crippen molar-refractivity contribution >= 4 is 41.2 Å². The molecule has 166 valence electrons. The molecule has 4 rings (SSSR count). The quantitative estimate of drug-likeness (QED) is 0.410. The molecule has 1 aliphatic heterocycles. The topological polar surface area (TPSA) is 117 Å². The molecular formula is C23H18ClN5O4. The highest BCUT2D eigenvalue weighted by Crippen LogP contribution is 2.25. The number of hydrogen-bond donors (Lipinski definition) is 0. The summed E-state index contributed by atoms with van der Waals surface area (Å²) in [6.07, 6.45) is 3.42. The number of nitro groups is 1. The van der Waals surface area contributed by atoms with Crippen molar-refractivity contribution in [2.45, 2.75) is 0 Å². The van der Waals surface area contributed by atoms with E-state index in [0.29, 0.717) is 42.6 Å². The molecule has 0 unspecified atom stereocenters. The summed E-state index contributed by atoms with van der Waals surface area (Å²) >= 11 is 6.16. The van der Waals surface area contributed by atoms with Gasteiger partial charge in [-0.25, -0.2) is 0 Å².